The highest BCUT2D eigenvalue weighted by Crippen LogP contribution is 2.38. The lowest BCUT2D eigenvalue weighted by molar-refractivity contribution is -0.144. The zero-order valence-corrected chi connectivity index (χ0v) is 12.2. The molecule has 1 fully saturated rings. The number of fused-ring (bicyclic) bond motifs is 1. The quantitative estimate of drug-likeness (QED) is 0.803. The van der Waals surface area contributed by atoms with Crippen molar-refractivity contribution in [1.82, 2.24) is 15.3 Å². The predicted molar refractivity (Wildman–Crippen MR) is 74.6 cm³/mol. The van der Waals surface area contributed by atoms with Crippen molar-refractivity contribution in [2.24, 2.45) is 0 Å². The van der Waals surface area contributed by atoms with Crippen LogP contribution in [0.3, 0.4) is 0 Å². The average molecular weight is 350 g/mol. The van der Waals surface area contributed by atoms with E-state index in [1.54, 1.807) is 4.90 Å². The standard InChI is InChI=1S/C14H12F6N4/c15-13(16,17)9-7-10(14(18,19)20)22-12-8(9)1-2-11(23-12)24-5-3-21-4-6-24/h1-2,7,21H,3-6H2. The molecule has 1 aliphatic heterocycles. The van der Waals surface area contributed by atoms with Gasteiger partial charge in [0.05, 0.1) is 5.56 Å². The number of aromatic nitrogens is 2. The van der Waals surface area contributed by atoms with Crippen LogP contribution < -0.4 is 10.2 Å². The van der Waals surface area contributed by atoms with E-state index in [9.17, 15) is 26.3 Å². The molecule has 0 unspecified atom stereocenters. The van der Waals surface area contributed by atoms with Gasteiger partial charge in [-0.15, -0.1) is 0 Å². The van der Waals surface area contributed by atoms with Gasteiger partial charge in [-0.25, -0.2) is 9.97 Å². The lowest BCUT2D eigenvalue weighted by Gasteiger charge is -2.28. The van der Waals surface area contributed by atoms with Gasteiger partial charge in [0.15, 0.2) is 5.65 Å². The third kappa shape index (κ3) is 3.23. The minimum Gasteiger partial charge on any atom is -0.354 e. The Bertz CT molecular complexity index is 749. The third-order valence-electron chi connectivity index (χ3n) is 3.69. The van der Waals surface area contributed by atoms with E-state index in [1.165, 1.54) is 6.07 Å². The largest absolute Gasteiger partial charge is 0.433 e. The van der Waals surface area contributed by atoms with Gasteiger partial charge in [0.25, 0.3) is 0 Å². The molecule has 1 N–H and O–H groups in total. The van der Waals surface area contributed by atoms with Crippen LogP contribution in [-0.2, 0) is 12.4 Å². The number of hydrogen-bond donors (Lipinski definition) is 1. The maximum atomic E-state index is 13.1. The fourth-order valence-corrected chi connectivity index (χ4v) is 2.54. The summed E-state index contributed by atoms with van der Waals surface area (Å²) in [4.78, 5) is 9.01. The average Bonchev–Trinajstić information content (AvgIpc) is 2.52. The van der Waals surface area contributed by atoms with E-state index < -0.39 is 34.6 Å². The van der Waals surface area contributed by atoms with E-state index in [2.05, 4.69) is 15.3 Å². The van der Waals surface area contributed by atoms with E-state index in [0.29, 0.717) is 32.0 Å². The highest BCUT2D eigenvalue weighted by Gasteiger charge is 2.39. The molecule has 0 atom stereocenters. The van der Waals surface area contributed by atoms with E-state index in [1.807, 2.05) is 0 Å². The summed E-state index contributed by atoms with van der Waals surface area (Å²) in [5, 5.41) is 2.65. The van der Waals surface area contributed by atoms with Crippen molar-refractivity contribution in [1.29, 1.82) is 0 Å². The zero-order valence-electron chi connectivity index (χ0n) is 12.2. The van der Waals surface area contributed by atoms with Crippen molar-refractivity contribution in [2.45, 2.75) is 12.4 Å². The Morgan fingerprint density at radius 3 is 2.17 bits per heavy atom. The summed E-state index contributed by atoms with van der Waals surface area (Å²) in [5.74, 6) is 0.309. The Morgan fingerprint density at radius 2 is 1.58 bits per heavy atom. The van der Waals surface area contributed by atoms with Crippen molar-refractivity contribution < 1.29 is 26.3 Å². The van der Waals surface area contributed by atoms with Gasteiger partial charge in [-0.3, -0.25) is 0 Å². The second-order valence-corrected chi connectivity index (χ2v) is 5.33. The molecule has 0 aliphatic carbocycles. The van der Waals surface area contributed by atoms with Gasteiger partial charge in [-0.1, -0.05) is 0 Å². The summed E-state index contributed by atoms with van der Waals surface area (Å²) < 4.78 is 77.9. The topological polar surface area (TPSA) is 41.0 Å². The summed E-state index contributed by atoms with van der Waals surface area (Å²) in [7, 11) is 0. The van der Waals surface area contributed by atoms with E-state index >= 15 is 0 Å². The fraction of sp³-hybridized carbons (Fsp3) is 0.429. The molecular weight excluding hydrogens is 338 g/mol. The molecule has 0 spiro atoms. The van der Waals surface area contributed by atoms with Crippen LogP contribution in [0.15, 0.2) is 18.2 Å². The maximum absolute atomic E-state index is 13.1. The molecule has 3 rings (SSSR count). The van der Waals surface area contributed by atoms with Gasteiger partial charge in [-0.05, 0) is 18.2 Å². The molecule has 10 heteroatoms. The molecule has 24 heavy (non-hydrogen) atoms. The number of hydrogen-bond acceptors (Lipinski definition) is 4. The second kappa shape index (κ2) is 5.76. The first-order valence-electron chi connectivity index (χ1n) is 7.08. The maximum Gasteiger partial charge on any atom is 0.433 e. The summed E-state index contributed by atoms with van der Waals surface area (Å²) in [6.45, 7) is 2.43. The van der Waals surface area contributed by atoms with Crippen LogP contribution in [0.25, 0.3) is 11.0 Å². The Hall–Kier alpha value is -2.10. The van der Waals surface area contributed by atoms with Crippen LogP contribution in [0.4, 0.5) is 32.2 Å². The molecule has 2 aromatic rings. The van der Waals surface area contributed by atoms with E-state index in [-0.39, 0.29) is 6.07 Å². The first-order valence-corrected chi connectivity index (χ1v) is 7.08. The van der Waals surface area contributed by atoms with Crippen molar-refractivity contribution in [3.8, 4) is 0 Å². The molecule has 0 radical (unpaired) electrons. The molecule has 3 heterocycles. The number of nitrogens with zero attached hydrogens (tertiary/aromatic N) is 3. The number of nitrogens with one attached hydrogen (secondary N) is 1. The zero-order chi connectivity index (χ0) is 17.5. The van der Waals surface area contributed by atoms with Crippen LogP contribution >= 0.6 is 0 Å². The van der Waals surface area contributed by atoms with Gasteiger partial charge in [0.1, 0.15) is 11.5 Å². The molecular formula is C14H12F6N4. The van der Waals surface area contributed by atoms with Crippen molar-refractivity contribution in [2.75, 3.05) is 31.1 Å². The monoisotopic (exact) mass is 350 g/mol. The van der Waals surface area contributed by atoms with Gasteiger partial charge in [-0.2, -0.15) is 26.3 Å². The van der Waals surface area contributed by atoms with Crippen molar-refractivity contribution in [3.63, 3.8) is 0 Å². The summed E-state index contributed by atoms with van der Waals surface area (Å²) >= 11 is 0. The summed E-state index contributed by atoms with van der Waals surface area (Å²) in [5.41, 5.74) is -3.56. The third-order valence-corrected chi connectivity index (χ3v) is 3.69. The molecule has 4 nitrogen and oxygen atoms in total. The predicted octanol–water partition coefficient (Wildman–Crippen LogP) is 3.08. The molecule has 0 aromatic carbocycles. The van der Waals surface area contributed by atoms with Crippen LogP contribution in [0.2, 0.25) is 0 Å². The van der Waals surface area contributed by atoms with Gasteiger partial charge in [0.2, 0.25) is 0 Å². The van der Waals surface area contributed by atoms with Crippen LogP contribution in [0.5, 0.6) is 0 Å². The summed E-state index contributed by atoms with van der Waals surface area (Å²) in [6.07, 6.45) is -9.92. The first-order chi connectivity index (χ1) is 11.2. The lowest BCUT2D eigenvalue weighted by Crippen LogP contribution is -2.43. The smallest absolute Gasteiger partial charge is 0.354 e. The lowest BCUT2D eigenvalue weighted by atomic mass is 10.1. The minimum absolute atomic E-state index is 0.0223. The van der Waals surface area contributed by atoms with E-state index in [0.717, 1.165) is 6.07 Å². The number of alkyl halides is 6. The molecule has 0 saturated carbocycles. The normalized spacial score (nSPS) is 16.7. The van der Waals surface area contributed by atoms with Crippen LogP contribution in [-0.4, -0.2) is 36.1 Å². The Balaban J connectivity index is 2.16. The van der Waals surface area contributed by atoms with Crippen molar-refractivity contribution in [3.05, 3.63) is 29.5 Å². The SMILES string of the molecule is FC(F)(F)c1cc(C(F)(F)F)c2ccc(N3CCNCC3)nc2n1. The number of piperazine rings is 1. The second-order valence-electron chi connectivity index (χ2n) is 5.33. The van der Waals surface area contributed by atoms with E-state index in [4.69, 9.17) is 0 Å². The van der Waals surface area contributed by atoms with Gasteiger partial charge >= 0.3 is 12.4 Å². The van der Waals surface area contributed by atoms with Crippen molar-refractivity contribution >= 4 is 16.9 Å². The first kappa shape index (κ1) is 16.7. The minimum atomic E-state index is -4.99. The number of pyridine rings is 2. The number of anilines is 1. The molecule has 0 bridgehead atoms. The Labute approximate surface area is 132 Å². The molecule has 0 amide bonds. The molecule has 130 valence electrons. The van der Waals surface area contributed by atoms with Crippen LogP contribution in [0, 0.1) is 0 Å². The van der Waals surface area contributed by atoms with Gasteiger partial charge < -0.3 is 10.2 Å². The number of rotatable bonds is 1. The van der Waals surface area contributed by atoms with Gasteiger partial charge in [0, 0.05) is 31.6 Å². The Morgan fingerprint density at radius 1 is 0.917 bits per heavy atom. The highest BCUT2D eigenvalue weighted by molar-refractivity contribution is 5.81. The molecule has 2 aromatic heterocycles. The van der Waals surface area contributed by atoms with Crippen LogP contribution in [0.1, 0.15) is 11.3 Å². The fourth-order valence-electron chi connectivity index (χ4n) is 2.54. The Kier molecular flexibility index (Phi) is 4.02. The molecule has 1 saturated heterocycles. The summed E-state index contributed by atoms with van der Waals surface area (Å²) in [6, 6.07) is 2.52. The molecule has 1 aliphatic rings. The number of halogens is 6. The highest BCUT2D eigenvalue weighted by atomic mass is 19.4.